The number of amides is 2. The molecule has 2 amide bonds. The van der Waals surface area contributed by atoms with E-state index in [0.29, 0.717) is 22.2 Å². The van der Waals surface area contributed by atoms with E-state index < -0.39 is 17.7 Å². The highest BCUT2D eigenvalue weighted by atomic mass is 32.2. The molecule has 0 fully saturated rings. The van der Waals surface area contributed by atoms with E-state index in [1.54, 1.807) is 31.2 Å². The van der Waals surface area contributed by atoms with Crippen molar-refractivity contribution in [1.82, 2.24) is 0 Å². The molecule has 1 atom stereocenters. The van der Waals surface area contributed by atoms with Crippen molar-refractivity contribution in [1.29, 1.82) is 0 Å². The van der Waals surface area contributed by atoms with Gasteiger partial charge in [-0.3, -0.25) is 9.59 Å². The number of hydrogen-bond acceptors (Lipinski definition) is 6. The highest BCUT2D eigenvalue weighted by molar-refractivity contribution is 8.00. The van der Waals surface area contributed by atoms with Crippen LogP contribution < -0.4 is 10.6 Å². The fourth-order valence-corrected chi connectivity index (χ4v) is 6.74. The van der Waals surface area contributed by atoms with Gasteiger partial charge in [0.1, 0.15) is 10.8 Å². The second-order valence-corrected chi connectivity index (χ2v) is 12.7. The molecule has 4 rings (SSSR count). The molecule has 0 aliphatic heterocycles. The summed E-state index contributed by atoms with van der Waals surface area (Å²) in [5, 5.41) is 6.20. The van der Waals surface area contributed by atoms with Gasteiger partial charge in [-0.2, -0.15) is 0 Å². The smallest absolute Gasteiger partial charge is 0.341 e. The highest BCUT2D eigenvalue weighted by Crippen LogP contribution is 2.44. The molecular weight excluding hydrogens is 535 g/mol. The Hall–Kier alpha value is -3.17. The SMILES string of the molecule is CCOC(=O)c1c(NC(=O)CSc2cccc(NC(=O)c3ccccc3F)c2)sc2c1CCC(C(C)(C)C)C2. The lowest BCUT2D eigenvalue weighted by Crippen LogP contribution is -2.26. The largest absolute Gasteiger partial charge is 0.462 e. The van der Waals surface area contributed by atoms with E-state index in [4.69, 9.17) is 4.74 Å². The van der Waals surface area contributed by atoms with Crippen LogP contribution in [0.5, 0.6) is 0 Å². The number of carbonyl (C=O) groups is 3. The number of carbonyl (C=O) groups excluding carboxylic acids is 3. The summed E-state index contributed by atoms with van der Waals surface area (Å²) in [5.41, 5.74) is 2.10. The van der Waals surface area contributed by atoms with Crippen molar-refractivity contribution < 1.29 is 23.5 Å². The second-order valence-electron chi connectivity index (χ2n) is 10.5. The molecule has 0 spiro atoms. The Bertz CT molecular complexity index is 1380. The molecule has 1 aliphatic rings. The third-order valence-electron chi connectivity index (χ3n) is 6.80. The van der Waals surface area contributed by atoms with Gasteiger partial charge in [0.25, 0.3) is 5.91 Å². The molecule has 3 aromatic rings. The normalized spacial score (nSPS) is 14.8. The molecule has 1 unspecified atom stereocenters. The molecular formula is C30H33FN2O4S2. The number of nitrogens with one attached hydrogen (secondary N) is 2. The van der Waals surface area contributed by atoms with Gasteiger partial charge in [0.2, 0.25) is 5.91 Å². The third kappa shape index (κ3) is 7.08. The summed E-state index contributed by atoms with van der Waals surface area (Å²) in [6.07, 6.45) is 2.66. The van der Waals surface area contributed by atoms with Crippen LogP contribution >= 0.6 is 23.1 Å². The summed E-state index contributed by atoms with van der Waals surface area (Å²) in [5.74, 6) is -1.16. The van der Waals surface area contributed by atoms with Gasteiger partial charge in [-0.15, -0.1) is 23.1 Å². The van der Waals surface area contributed by atoms with E-state index >= 15 is 0 Å². The molecule has 2 aromatic carbocycles. The minimum atomic E-state index is -0.594. The maximum atomic E-state index is 13.9. The summed E-state index contributed by atoms with van der Waals surface area (Å²) in [7, 11) is 0. The number of hydrogen-bond donors (Lipinski definition) is 2. The maximum Gasteiger partial charge on any atom is 0.341 e. The first kappa shape index (κ1) is 28.8. The Morgan fingerprint density at radius 1 is 1.10 bits per heavy atom. The molecule has 9 heteroatoms. The van der Waals surface area contributed by atoms with E-state index in [-0.39, 0.29) is 29.2 Å². The molecule has 0 radical (unpaired) electrons. The van der Waals surface area contributed by atoms with Crippen molar-refractivity contribution in [3.8, 4) is 0 Å². The lowest BCUT2D eigenvalue weighted by atomic mass is 9.72. The number of ether oxygens (including phenoxy) is 1. The first-order chi connectivity index (χ1) is 18.6. The van der Waals surface area contributed by atoms with Crippen molar-refractivity contribution >= 4 is 51.6 Å². The van der Waals surface area contributed by atoms with Crippen molar-refractivity contribution in [2.75, 3.05) is 23.0 Å². The van der Waals surface area contributed by atoms with E-state index in [0.717, 1.165) is 34.6 Å². The third-order valence-corrected chi connectivity index (χ3v) is 8.97. The Labute approximate surface area is 236 Å². The quantitative estimate of drug-likeness (QED) is 0.222. The Kier molecular flexibility index (Phi) is 9.12. The van der Waals surface area contributed by atoms with Gasteiger partial charge >= 0.3 is 5.97 Å². The maximum absolute atomic E-state index is 13.9. The van der Waals surface area contributed by atoms with Crippen LogP contribution in [0.25, 0.3) is 0 Å². The number of anilines is 2. The van der Waals surface area contributed by atoms with Crippen LogP contribution in [0.15, 0.2) is 53.4 Å². The summed E-state index contributed by atoms with van der Waals surface area (Å²) >= 11 is 2.78. The van der Waals surface area contributed by atoms with Crippen molar-refractivity contribution in [3.05, 3.63) is 75.9 Å². The molecule has 0 saturated carbocycles. The molecule has 0 saturated heterocycles. The Morgan fingerprint density at radius 3 is 2.59 bits per heavy atom. The van der Waals surface area contributed by atoms with Crippen molar-refractivity contribution in [2.45, 2.75) is 51.9 Å². The molecule has 6 nitrogen and oxygen atoms in total. The van der Waals surface area contributed by atoms with Gasteiger partial charge in [0.15, 0.2) is 0 Å². The van der Waals surface area contributed by atoms with E-state index in [2.05, 4.69) is 31.4 Å². The van der Waals surface area contributed by atoms with Crippen LogP contribution in [0.1, 0.15) is 65.3 Å². The second kappa shape index (κ2) is 12.3. The zero-order valence-corrected chi connectivity index (χ0v) is 24.2. The number of thiophene rings is 1. The summed E-state index contributed by atoms with van der Waals surface area (Å²) < 4.78 is 19.3. The van der Waals surface area contributed by atoms with Gasteiger partial charge in [-0.05, 0) is 73.4 Å². The number of esters is 1. The van der Waals surface area contributed by atoms with E-state index in [9.17, 15) is 18.8 Å². The predicted octanol–water partition coefficient (Wildman–Crippen LogP) is 7.20. The summed E-state index contributed by atoms with van der Waals surface area (Å²) in [4.78, 5) is 40.2. The van der Waals surface area contributed by atoms with Gasteiger partial charge < -0.3 is 15.4 Å². The van der Waals surface area contributed by atoms with Crippen LogP contribution in [0.3, 0.4) is 0 Å². The zero-order chi connectivity index (χ0) is 28.2. The summed E-state index contributed by atoms with van der Waals surface area (Å²) in [6, 6.07) is 12.8. The number of fused-ring (bicyclic) bond motifs is 1. The molecule has 1 aromatic heterocycles. The van der Waals surface area contributed by atoms with Gasteiger partial charge in [-0.1, -0.05) is 39.0 Å². The average Bonchev–Trinajstić information content (AvgIpc) is 3.24. The first-order valence-electron chi connectivity index (χ1n) is 13.0. The van der Waals surface area contributed by atoms with Crippen LogP contribution in [-0.4, -0.2) is 30.1 Å². The summed E-state index contributed by atoms with van der Waals surface area (Å²) in [6.45, 7) is 8.75. The van der Waals surface area contributed by atoms with E-state index in [1.807, 2.05) is 6.07 Å². The van der Waals surface area contributed by atoms with Crippen molar-refractivity contribution in [3.63, 3.8) is 0 Å². The highest BCUT2D eigenvalue weighted by Gasteiger charge is 2.34. The molecule has 1 heterocycles. The van der Waals surface area contributed by atoms with Crippen LogP contribution in [0.2, 0.25) is 0 Å². The average molecular weight is 569 g/mol. The van der Waals surface area contributed by atoms with Gasteiger partial charge in [0, 0.05) is 15.5 Å². The molecule has 0 bridgehead atoms. The van der Waals surface area contributed by atoms with Crippen LogP contribution in [0.4, 0.5) is 15.1 Å². The Morgan fingerprint density at radius 2 is 1.87 bits per heavy atom. The topological polar surface area (TPSA) is 84.5 Å². The standard InChI is InChI=1S/C30H33FN2O4S2/c1-5-37-29(36)26-22-14-13-18(30(2,3)4)15-24(22)39-28(26)33-25(34)17-38-20-10-8-9-19(16-20)32-27(35)21-11-6-7-12-23(21)31/h6-12,16,18H,5,13-15,17H2,1-4H3,(H,32,35)(H,33,34). The minimum absolute atomic E-state index is 0.0418. The lowest BCUT2D eigenvalue weighted by molar-refractivity contribution is -0.113. The lowest BCUT2D eigenvalue weighted by Gasteiger charge is -2.33. The zero-order valence-electron chi connectivity index (χ0n) is 22.6. The number of halogens is 1. The number of rotatable bonds is 8. The first-order valence-corrected chi connectivity index (χ1v) is 14.8. The number of benzene rings is 2. The monoisotopic (exact) mass is 568 g/mol. The molecule has 206 valence electrons. The fraction of sp³-hybridized carbons (Fsp3) is 0.367. The molecule has 1 aliphatic carbocycles. The minimum Gasteiger partial charge on any atom is -0.462 e. The molecule has 2 N–H and O–H groups in total. The van der Waals surface area contributed by atoms with Crippen LogP contribution in [0, 0.1) is 17.2 Å². The van der Waals surface area contributed by atoms with Crippen LogP contribution in [-0.2, 0) is 22.4 Å². The number of thioether (sulfide) groups is 1. The predicted molar refractivity (Wildman–Crippen MR) is 155 cm³/mol. The van der Waals surface area contributed by atoms with Gasteiger partial charge in [-0.25, -0.2) is 9.18 Å². The fourth-order valence-electron chi connectivity index (χ4n) is 4.65. The van der Waals surface area contributed by atoms with Crippen molar-refractivity contribution in [2.24, 2.45) is 11.3 Å². The molecule has 39 heavy (non-hydrogen) atoms. The Balaban J connectivity index is 1.43. The van der Waals surface area contributed by atoms with Gasteiger partial charge in [0.05, 0.1) is 23.5 Å². The van der Waals surface area contributed by atoms with E-state index in [1.165, 1.54) is 41.3 Å².